The van der Waals surface area contributed by atoms with Crippen LogP contribution in [-0.4, -0.2) is 40.7 Å². The Bertz CT molecular complexity index is 589. The lowest BCUT2D eigenvalue weighted by Crippen LogP contribution is -2.39. The standard InChI is InChI=1S/C15H17Cl2N3O/c16-13-2-1-12(9-14(13)17)15-10-19(7-8-21-15)5-6-20-4-3-18-11-20/h1-4,9,11,15H,5-8,10H2/t15-/m0/s1. The van der Waals surface area contributed by atoms with Crippen molar-refractivity contribution in [2.45, 2.75) is 12.6 Å². The van der Waals surface area contributed by atoms with E-state index in [0.717, 1.165) is 38.3 Å². The number of hydrogen-bond donors (Lipinski definition) is 0. The Morgan fingerprint density at radius 1 is 1.24 bits per heavy atom. The van der Waals surface area contributed by atoms with Gasteiger partial charge in [-0.3, -0.25) is 4.90 Å². The number of aromatic nitrogens is 2. The third kappa shape index (κ3) is 3.77. The topological polar surface area (TPSA) is 30.3 Å². The van der Waals surface area contributed by atoms with E-state index in [2.05, 4.69) is 14.5 Å². The van der Waals surface area contributed by atoms with Gasteiger partial charge in [0.1, 0.15) is 0 Å². The van der Waals surface area contributed by atoms with Gasteiger partial charge < -0.3 is 9.30 Å². The minimum absolute atomic E-state index is 0.0521. The molecule has 1 aromatic carbocycles. The molecule has 112 valence electrons. The molecule has 1 fully saturated rings. The van der Waals surface area contributed by atoms with Gasteiger partial charge in [-0.2, -0.15) is 0 Å². The third-order valence-corrected chi connectivity index (χ3v) is 4.44. The van der Waals surface area contributed by atoms with E-state index in [9.17, 15) is 0 Å². The molecule has 0 amide bonds. The molecule has 0 saturated carbocycles. The summed E-state index contributed by atoms with van der Waals surface area (Å²) in [5, 5.41) is 1.15. The zero-order valence-electron chi connectivity index (χ0n) is 11.6. The third-order valence-electron chi connectivity index (χ3n) is 3.70. The smallest absolute Gasteiger partial charge is 0.0952 e. The van der Waals surface area contributed by atoms with Gasteiger partial charge in [0.05, 0.1) is 29.1 Å². The molecule has 0 unspecified atom stereocenters. The molecule has 0 N–H and O–H groups in total. The van der Waals surface area contributed by atoms with Crippen LogP contribution in [0.4, 0.5) is 0 Å². The molecule has 1 atom stereocenters. The van der Waals surface area contributed by atoms with Gasteiger partial charge in [0.25, 0.3) is 0 Å². The lowest BCUT2D eigenvalue weighted by molar-refractivity contribution is -0.0308. The number of rotatable bonds is 4. The fourth-order valence-corrected chi connectivity index (χ4v) is 2.80. The maximum atomic E-state index is 6.09. The number of benzene rings is 1. The van der Waals surface area contributed by atoms with Crippen LogP contribution < -0.4 is 0 Å². The molecule has 3 rings (SSSR count). The van der Waals surface area contributed by atoms with Gasteiger partial charge in [0.2, 0.25) is 0 Å². The Balaban J connectivity index is 1.61. The van der Waals surface area contributed by atoms with Crippen LogP contribution in [0.1, 0.15) is 11.7 Å². The highest BCUT2D eigenvalue weighted by atomic mass is 35.5. The van der Waals surface area contributed by atoms with Gasteiger partial charge >= 0.3 is 0 Å². The summed E-state index contributed by atoms with van der Waals surface area (Å²) in [6.45, 7) is 4.47. The molecule has 0 aliphatic carbocycles. The second-order valence-electron chi connectivity index (χ2n) is 5.13. The quantitative estimate of drug-likeness (QED) is 0.864. The molecule has 0 spiro atoms. The van der Waals surface area contributed by atoms with Crippen molar-refractivity contribution in [1.82, 2.24) is 14.5 Å². The first-order valence-electron chi connectivity index (χ1n) is 6.97. The fourth-order valence-electron chi connectivity index (χ4n) is 2.50. The van der Waals surface area contributed by atoms with Crippen molar-refractivity contribution in [1.29, 1.82) is 0 Å². The van der Waals surface area contributed by atoms with Crippen LogP contribution in [0.25, 0.3) is 0 Å². The SMILES string of the molecule is Clc1ccc([C@@H]2CN(CCn3ccnc3)CCO2)cc1Cl. The lowest BCUT2D eigenvalue weighted by Gasteiger charge is -2.33. The molecule has 6 heteroatoms. The summed E-state index contributed by atoms with van der Waals surface area (Å²) < 4.78 is 7.95. The van der Waals surface area contributed by atoms with Crippen molar-refractivity contribution >= 4 is 23.2 Å². The molecule has 0 bridgehead atoms. The largest absolute Gasteiger partial charge is 0.371 e. The number of hydrogen-bond acceptors (Lipinski definition) is 3. The van der Waals surface area contributed by atoms with Crippen molar-refractivity contribution in [3.63, 3.8) is 0 Å². The number of imidazole rings is 1. The molecule has 2 aromatic rings. The fraction of sp³-hybridized carbons (Fsp3) is 0.400. The summed E-state index contributed by atoms with van der Waals surface area (Å²) in [5.74, 6) is 0. The molecule has 1 saturated heterocycles. The van der Waals surface area contributed by atoms with Gasteiger partial charge in [-0.05, 0) is 17.7 Å². The van der Waals surface area contributed by atoms with Crippen molar-refractivity contribution in [2.75, 3.05) is 26.2 Å². The zero-order chi connectivity index (χ0) is 14.7. The van der Waals surface area contributed by atoms with Gasteiger partial charge in [0, 0.05) is 38.6 Å². The number of morpholine rings is 1. The van der Waals surface area contributed by atoms with E-state index in [1.54, 1.807) is 6.20 Å². The minimum atomic E-state index is 0.0521. The highest BCUT2D eigenvalue weighted by Crippen LogP contribution is 2.28. The summed E-state index contributed by atoms with van der Waals surface area (Å²) in [6.07, 6.45) is 5.68. The average molecular weight is 326 g/mol. The van der Waals surface area contributed by atoms with Crippen LogP contribution in [0.15, 0.2) is 36.9 Å². The average Bonchev–Trinajstić information content (AvgIpc) is 3.02. The van der Waals surface area contributed by atoms with E-state index >= 15 is 0 Å². The summed E-state index contributed by atoms with van der Waals surface area (Å²) in [7, 11) is 0. The van der Waals surface area contributed by atoms with Gasteiger partial charge in [0.15, 0.2) is 0 Å². The van der Waals surface area contributed by atoms with Crippen molar-refractivity contribution in [3.8, 4) is 0 Å². The lowest BCUT2D eigenvalue weighted by atomic mass is 10.1. The predicted molar refractivity (Wildman–Crippen MR) is 83.8 cm³/mol. The van der Waals surface area contributed by atoms with Crippen molar-refractivity contribution in [3.05, 3.63) is 52.5 Å². The Morgan fingerprint density at radius 3 is 2.90 bits per heavy atom. The molecular weight excluding hydrogens is 309 g/mol. The molecule has 1 aromatic heterocycles. The number of halogens is 2. The Labute approximate surface area is 134 Å². The van der Waals surface area contributed by atoms with E-state index < -0.39 is 0 Å². The maximum Gasteiger partial charge on any atom is 0.0952 e. The Morgan fingerprint density at radius 2 is 2.14 bits per heavy atom. The summed E-state index contributed by atoms with van der Waals surface area (Å²) in [4.78, 5) is 6.46. The first-order valence-corrected chi connectivity index (χ1v) is 7.72. The van der Waals surface area contributed by atoms with E-state index in [1.807, 2.05) is 30.7 Å². The molecule has 2 heterocycles. The normalized spacial score (nSPS) is 19.8. The second-order valence-corrected chi connectivity index (χ2v) is 5.95. The monoisotopic (exact) mass is 325 g/mol. The first kappa shape index (κ1) is 14.9. The van der Waals surface area contributed by atoms with Crippen LogP contribution in [-0.2, 0) is 11.3 Å². The molecule has 21 heavy (non-hydrogen) atoms. The summed E-state index contributed by atoms with van der Waals surface area (Å²) in [5.41, 5.74) is 1.08. The van der Waals surface area contributed by atoms with Crippen LogP contribution in [0.3, 0.4) is 0 Å². The molecule has 1 aliphatic rings. The highest BCUT2D eigenvalue weighted by Gasteiger charge is 2.22. The van der Waals surface area contributed by atoms with E-state index in [-0.39, 0.29) is 6.10 Å². The molecule has 4 nitrogen and oxygen atoms in total. The minimum Gasteiger partial charge on any atom is -0.371 e. The zero-order valence-corrected chi connectivity index (χ0v) is 13.1. The number of nitrogens with zero attached hydrogens (tertiary/aromatic N) is 3. The van der Waals surface area contributed by atoms with Crippen LogP contribution >= 0.6 is 23.2 Å². The van der Waals surface area contributed by atoms with Gasteiger partial charge in [-0.15, -0.1) is 0 Å². The van der Waals surface area contributed by atoms with Gasteiger partial charge in [-0.1, -0.05) is 29.3 Å². The Hall–Kier alpha value is -1.07. The highest BCUT2D eigenvalue weighted by molar-refractivity contribution is 6.42. The van der Waals surface area contributed by atoms with E-state index in [1.165, 1.54) is 0 Å². The predicted octanol–water partition coefficient (Wildman–Crippen LogP) is 3.26. The second kappa shape index (κ2) is 6.79. The summed E-state index contributed by atoms with van der Waals surface area (Å²) in [6, 6.07) is 5.71. The van der Waals surface area contributed by atoms with E-state index in [0.29, 0.717) is 10.0 Å². The van der Waals surface area contributed by atoms with Gasteiger partial charge in [-0.25, -0.2) is 4.98 Å². The Kier molecular flexibility index (Phi) is 4.80. The van der Waals surface area contributed by atoms with Crippen molar-refractivity contribution < 1.29 is 4.74 Å². The summed E-state index contributed by atoms with van der Waals surface area (Å²) >= 11 is 12.0. The molecule has 1 aliphatic heterocycles. The molecule has 0 radical (unpaired) electrons. The van der Waals surface area contributed by atoms with Crippen LogP contribution in [0.2, 0.25) is 10.0 Å². The first-order chi connectivity index (χ1) is 10.2. The van der Waals surface area contributed by atoms with Crippen LogP contribution in [0, 0.1) is 0 Å². The maximum absolute atomic E-state index is 6.09. The van der Waals surface area contributed by atoms with Crippen molar-refractivity contribution in [2.24, 2.45) is 0 Å². The molecular formula is C15H17Cl2N3O. The van der Waals surface area contributed by atoms with E-state index in [4.69, 9.17) is 27.9 Å². The number of ether oxygens (including phenoxy) is 1. The van der Waals surface area contributed by atoms with Crippen LogP contribution in [0.5, 0.6) is 0 Å².